The van der Waals surface area contributed by atoms with Gasteiger partial charge in [0.1, 0.15) is 0 Å². The van der Waals surface area contributed by atoms with Gasteiger partial charge in [-0.1, -0.05) is 72.8 Å². The lowest BCUT2D eigenvalue weighted by atomic mass is 10.1. The molecule has 0 nitrogen and oxygen atoms in total. The van der Waals surface area contributed by atoms with Crippen LogP contribution in [0.25, 0.3) is 12.2 Å². The predicted molar refractivity (Wildman–Crippen MR) is 98.6 cm³/mol. The van der Waals surface area contributed by atoms with Crippen LogP contribution in [0.2, 0.25) is 0 Å². The number of allylic oxidation sites excluding steroid dienone is 6. The predicted octanol–water partition coefficient (Wildman–Crippen LogP) is 7.27. The number of hydrogen-bond acceptors (Lipinski definition) is 0. The third-order valence-electron chi connectivity index (χ3n) is 3.44. The van der Waals surface area contributed by atoms with Gasteiger partial charge in [0.15, 0.2) is 11.7 Å². The molecule has 0 spiro atoms. The van der Waals surface area contributed by atoms with Gasteiger partial charge < -0.3 is 0 Å². The van der Waals surface area contributed by atoms with Crippen molar-refractivity contribution in [3.05, 3.63) is 119 Å². The van der Waals surface area contributed by atoms with Crippen LogP contribution in [0.15, 0.2) is 108 Å². The normalized spacial score (nSPS) is 14.2. The Kier molecular flexibility index (Phi) is 7.37. The minimum atomic E-state index is -1.48. The van der Waals surface area contributed by atoms with Crippen LogP contribution in [-0.2, 0) is 0 Å². The zero-order valence-electron chi connectivity index (χ0n) is 13.7. The second-order valence-corrected chi connectivity index (χ2v) is 5.24. The smallest absolute Gasteiger partial charge is 0.169 e. The maximum Gasteiger partial charge on any atom is 0.169 e. The molecule has 2 aromatic carbocycles. The van der Waals surface area contributed by atoms with Crippen molar-refractivity contribution in [2.75, 3.05) is 0 Å². The van der Waals surface area contributed by atoms with E-state index >= 15 is 0 Å². The lowest BCUT2D eigenvalue weighted by molar-refractivity contribution is 0.551. The van der Waals surface area contributed by atoms with Crippen LogP contribution >= 0.6 is 0 Å². The Morgan fingerprint density at radius 1 is 0.577 bits per heavy atom. The number of hydrogen-bond donors (Lipinski definition) is 0. The van der Waals surface area contributed by atoms with Gasteiger partial charge in [0, 0.05) is 11.1 Å². The summed E-state index contributed by atoms with van der Waals surface area (Å²) in [7, 11) is 0. The monoisotopic (exact) mass is 356 g/mol. The standard InChI is InChI=1S/C22H16F4/c23-15-19(13-11-17-7-3-1-4-8-17)21(25)22(26)20(16-24)14-12-18-9-5-2-6-10-18/h1-16H/b13-11+,14-12+,19-15+,20-16+,22-21-. The molecule has 0 aliphatic carbocycles. The van der Waals surface area contributed by atoms with E-state index < -0.39 is 22.8 Å². The van der Waals surface area contributed by atoms with Crippen LogP contribution in [0.4, 0.5) is 17.6 Å². The lowest BCUT2D eigenvalue weighted by Crippen LogP contribution is -1.88. The minimum absolute atomic E-state index is 0.0644. The van der Waals surface area contributed by atoms with Crippen molar-refractivity contribution >= 4 is 12.2 Å². The van der Waals surface area contributed by atoms with Gasteiger partial charge in [-0.05, 0) is 23.3 Å². The molecule has 4 heteroatoms. The molecule has 2 rings (SSSR count). The van der Waals surface area contributed by atoms with E-state index in [1.807, 2.05) is 0 Å². The van der Waals surface area contributed by atoms with E-state index in [-0.39, 0.29) is 12.7 Å². The molecule has 26 heavy (non-hydrogen) atoms. The Morgan fingerprint density at radius 2 is 0.923 bits per heavy atom. The van der Waals surface area contributed by atoms with Gasteiger partial charge in [-0.25, -0.2) is 17.6 Å². The Bertz CT molecular complexity index is 784. The van der Waals surface area contributed by atoms with E-state index in [1.165, 1.54) is 12.2 Å². The molecular weight excluding hydrogens is 340 g/mol. The van der Waals surface area contributed by atoms with Gasteiger partial charge in [0.25, 0.3) is 0 Å². The summed E-state index contributed by atoms with van der Waals surface area (Å²) in [5.41, 5.74) is 0.119. The molecule has 0 saturated heterocycles. The van der Waals surface area contributed by atoms with Crippen LogP contribution in [0.3, 0.4) is 0 Å². The van der Waals surface area contributed by atoms with E-state index in [0.29, 0.717) is 11.1 Å². The fourth-order valence-corrected chi connectivity index (χ4v) is 2.07. The highest BCUT2D eigenvalue weighted by Gasteiger charge is 2.13. The molecule has 0 aliphatic heterocycles. The van der Waals surface area contributed by atoms with E-state index in [1.54, 1.807) is 60.7 Å². The Hall–Kier alpha value is -3.14. The van der Waals surface area contributed by atoms with Crippen molar-refractivity contribution in [3.8, 4) is 0 Å². The second-order valence-electron chi connectivity index (χ2n) is 5.24. The first kappa shape index (κ1) is 19.2. The van der Waals surface area contributed by atoms with Crippen LogP contribution in [0, 0.1) is 0 Å². The van der Waals surface area contributed by atoms with Crippen molar-refractivity contribution in [1.82, 2.24) is 0 Å². The second kappa shape index (κ2) is 9.99. The summed E-state index contributed by atoms with van der Waals surface area (Å²) in [5, 5.41) is 0. The topological polar surface area (TPSA) is 0 Å². The van der Waals surface area contributed by atoms with E-state index in [9.17, 15) is 17.6 Å². The zero-order valence-corrected chi connectivity index (χ0v) is 13.7. The molecule has 132 valence electrons. The minimum Gasteiger partial charge on any atom is -0.215 e. The fraction of sp³-hybridized carbons (Fsp3) is 0. The van der Waals surface area contributed by atoms with Gasteiger partial charge in [-0.15, -0.1) is 0 Å². The summed E-state index contributed by atoms with van der Waals surface area (Å²) in [6.45, 7) is 0. The van der Waals surface area contributed by atoms with E-state index in [2.05, 4.69) is 0 Å². The van der Waals surface area contributed by atoms with Gasteiger partial charge in [0.2, 0.25) is 0 Å². The highest BCUT2D eigenvalue weighted by Crippen LogP contribution is 2.26. The zero-order chi connectivity index (χ0) is 18.8. The average Bonchev–Trinajstić information content (AvgIpc) is 2.70. The van der Waals surface area contributed by atoms with Crippen LogP contribution in [0.5, 0.6) is 0 Å². The van der Waals surface area contributed by atoms with E-state index in [4.69, 9.17) is 0 Å². The molecule has 0 fully saturated rings. The molecule has 0 unspecified atom stereocenters. The molecule has 2 aromatic rings. The SMILES string of the molecule is F/C=C(\C=C\c1ccccc1)C(/F)=C(F)\C(\C=C\c1ccccc1)=C\F. The van der Waals surface area contributed by atoms with Crippen molar-refractivity contribution in [2.45, 2.75) is 0 Å². The number of rotatable bonds is 6. The number of halogens is 4. The molecule has 0 aromatic heterocycles. The fourth-order valence-electron chi connectivity index (χ4n) is 2.07. The van der Waals surface area contributed by atoms with Crippen LogP contribution in [0.1, 0.15) is 11.1 Å². The van der Waals surface area contributed by atoms with Crippen molar-refractivity contribution in [2.24, 2.45) is 0 Å². The first-order valence-corrected chi connectivity index (χ1v) is 7.78. The molecule has 0 radical (unpaired) electrons. The summed E-state index contributed by atoms with van der Waals surface area (Å²) in [5.74, 6) is -2.97. The summed E-state index contributed by atoms with van der Waals surface area (Å²) in [4.78, 5) is 0. The summed E-state index contributed by atoms with van der Waals surface area (Å²) >= 11 is 0. The van der Waals surface area contributed by atoms with Gasteiger partial charge in [0.05, 0.1) is 12.7 Å². The Morgan fingerprint density at radius 3 is 1.23 bits per heavy atom. The summed E-state index contributed by atoms with van der Waals surface area (Å²) in [6.07, 6.45) is 4.89. The molecule has 0 aliphatic rings. The third kappa shape index (κ3) is 5.45. The molecular formula is C22H16F4. The van der Waals surface area contributed by atoms with Gasteiger partial charge in [-0.3, -0.25) is 0 Å². The van der Waals surface area contributed by atoms with Gasteiger partial charge in [-0.2, -0.15) is 0 Å². The molecule has 0 atom stereocenters. The van der Waals surface area contributed by atoms with Crippen molar-refractivity contribution < 1.29 is 17.6 Å². The summed E-state index contributed by atoms with van der Waals surface area (Å²) < 4.78 is 54.5. The van der Waals surface area contributed by atoms with Crippen molar-refractivity contribution in [1.29, 1.82) is 0 Å². The van der Waals surface area contributed by atoms with Crippen molar-refractivity contribution in [3.63, 3.8) is 0 Å². The molecule has 0 saturated carbocycles. The summed E-state index contributed by atoms with van der Waals surface area (Å²) in [6, 6.07) is 17.5. The van der Waals surface area contributed by atoms with Crippen LogP contribution < -0.4 is 0 Å². The highest BCUT2D eigenvalue weighted by molar-refractivity contribution is 5.59. The number of benzene rings is 2. The first-order valence-electron chi connectivity index (χ1n) is 7.78. The maximum absolute atomic E-state index is 14.2. The average molecular weight is 356 g/mol. The third-order valence-corrected chi connectivity index (χ3v) is 3.44. The highest BCUT2D eigenvalue weighted by atomic mass is 19.2. The van der Waals surface area contributed by atoms with Crippen LogP contribution in [-0.4, -0.2) is 0 Å². The Labute approximate surface area is 149 Å². The largest absolute Gasteiger partial charge is 0.215 e. The molecule has 0 heterocycles. The lowest BCUT2D eigenvalue weighted by Gasteiger charge is -2.02. The first-order chi connectivity index (χ1) is 12.7. The molecule has 0 N–H and O–H groups in total. The maximum atomic E-state index is 14.2. The van der Waals surface area contributed by atoms with E-state index in [0.717, 1.165) is 12.2 Å². The molecule has 0 bridgehead atoms. The van der Waals surface area contributed by atoms with Gasteiger partial charge >= 0.3 is 0 Å². The quantitative estimate of drug-likeness (QED) is 0.377. The molecule has 0 amide bonds. The Balaban J connectivity index is 2.24.